The van der Waals surface area contributed by atoms with E-state index in [2.05, 4.69) is 5.32 Å². The molecule has 1 aromatic rings. The van der Waals surface area contributed by atoms with Gasteiger partial charge in [-0.1, -0.05) is 18.2 Å². The molecule has 0 radical (unpaired) electrons. The van der Waals surface area contributed by atoms with Crippen LogP contribution in [-0.2, 0) is 9.59 Å². The van der Waals surface area contributed by atoms with Gasteiger partial charge < -0.3 is 10.4 Å². The van der Waals surface area contributed by atoms with Crippen molar-refractivity contribution in [2.45, 2.75) is 13.3 Å². The summed E-state index contributed by atoms with van der Waals surface area (Å²) in [6.07, 6.45) is 2.90. The summed E-state index contributed by atoms with van der Waals surface area (Å²) >= 11 is 0. The van der Waals surface area contributed by atoms with Gasteiger partial charge in [-0.3, -0.25) is 14.4 Å². The number of hydrogen-bond acceptors (Lipinski definition) is 3. The third-order valence-electron chi connectivity index (χ3n) is 2.72. The highest BCUT2D eigenvalue weighted by Gasteiger charge is 2.30. The van der Waals surface area contributed by atoms with E-state index in [4.69, 9.17) is 5.11 Å². The summed E-state index contributed by atoms with van der Waals surface area (Å²) in [6, 6.07) is 3.44. The van der Waals surface area contributed by atoms with E-state index in [9.17, 15) is 14.4 Å². The fourth-order valence-corrected chi connectivity index (χ4v) is 1.86. The Hall–Kier alpha value is -2.43. The molecule has 0 aliphatic carbocycles. The highest BCUT2D eigenvalue weighted by Crippen LogP contribution is 2.29. The molecule has 0 unspecified atom stereocenters. The zero-order valence-electron chi connectivity index (χ0n) is 9.69. The topological polar surface area (TPSA) is 83.5 Å². The van der Waals surface area contributed by atoms with Crippen molar-refractivity contribution in [2.75, 3.05) is 5.32 Å². The van der Waals surface area contributed by atoms with Crippen LogP contribution in [-0.4, -0.2) is 22.8 Å². The maximum Gasteiger partial charge on any atom is 0.307 e. The number of Topliss-reactive ketones (excluding diaryl/α,β-unsaturated/α-hetero) is 1. The Balaban J connectivity index is 2.45. The number of carbonyl (C=O) groups is 3. The van der Waals surface area contributed by atoms with Crippen molar-refractivity contribution in [2.24, 2.45) is 0 Å². The summed E-state index contributed by atoms with van der Waals surface area (Å²) < 4.78 is 0. The molecule has 0 saturated heterocycles. The normalized spacial score (nSPS) is 13.8. The molecular weight excluding hydrogens is 234 g/mol. The van der Waals surface area contributed by atoms with E-state index in [1.54, 1.807) is 25.1 Å². The molecule has 92 valence electrons. The van der Waals surface area contributed by atoms with Crippen LogP contribution in [0, 0.1) is 6.92 Å². The van der Waals surface area contributed by atoms with E-state index < -0.39 is 17.7 Å². The van der Waals surface area contributed by atoms with Gasteiger partial charge in [0, 0.05) is 0 Å². The van der Waals surface area contributed by atoms with Crippen molar-refractivity contribution < 1.29 is 19.5 Å². The van der Waals surface area contributed by atoms with Crippen molar-refractivity contribution in [3.05, 3.63) is 34.9 Å². The fraction of sp³-hybridized carbons (Fsp3) is 0.154. The van der Waals surface area contributed by atoms with Gasteiger partial charge in [0.05, 0.1) is 17.7 Å². The van der Waals surface area contributed by atoms with Crippen LogP contribution in [0.3, 0.4) is 0 Å². The summed E-state index contributed by atoms with van der Waals surface area (Å²) in [5.74, 6) is -2.18. The maximum atomic E-state index is 11.7. The number of anilines is 1. The Morgan fingerprint density at radius 1 is 1.39 bits per heavy atom. The summed E-state index contributed by atoms with van der Waals surface area (Å²) in [5.41, 5.74) is 2.21. The van der Waals surface area contributed by atoms with Crippen LogP contribution in [0.1, 0.15) is 27.9 Å². The number of fused-ring (bicyclic) bond motifs is 1. The summed E-state index contributed by atoms with van der Waals surface area (Å²) in [6.45, 7) is 1.80. The predicted molar refractivity (Wildman–Crippen MR) is 65.4 cm³/mol. The summed E-state index contributed by atoms with van der Waals surface area (Å²) in [7, 11) is 0. The minimum absolute atomic E-state index is 0.126. The van der Waals surface area contributed by atoms with Gasteiger partial charge in [0.25, 0.3) is 11.7 Å². The number of aliphatic carboxylic acids is 1. The van der Waals surface area contributed by atoms with Crippen molar-refractivity contribution in [1.29, 1.82) is 0 Å². The van der Waals surface area contributed by atoms with E-state index in [-0.39, 0.29) is 6.42 Å². The molecule has 5 nitrogen and oxygen atoms in total. The molecule has 0 fully saturated rings. The Morgan fingerprint density at radius 2 is 2.11 bits per heavy atom. The first-order valence-corrected chi connectivity index (χ1v) is 5.38. The average Bonchev–Trinajstić information content (AvgIpc) is 2.58. The van der Waals surface area contributed by atoms with E-state index >= 15 is 0 Å². The molecule has 1 amide bonds. The van der Waals surface area contributed by atoms with Gasteiger partial charge in [-0.15, -0.1) is 0 Å². The smallest absolute Gasteiger partial charge is 0.307 e. The molecule has 2 N–H and O–H groups in total. The lowest BCUT2D eigenvalue weighted by molar-refractivity contribution is -0.136. The van der Waals surface area contributed by atoms with E-state index in [1.807, 2.05) is 0 Å². The number of carbonyl (C=O) groups excluding carboxylic acids is 2. The molecule has 5 heteroatoms. The molecule has 0 atom stereocenters. The number of ketones is 1. The van der Waals surface area contributed by atoms with Crippen LogP contribution >= 0.6 is 0 Å². The minimum Gasteiger partial charge on any atom is -0.481 e. The molecule has 1 aliphatic rings. The molecule has 18 heavy (non-hydrogen) atoms. The van der Waals surface area contributed by atoms with Gasteiger partial charge in [0.2, 0.25) is 0 Å². The second kappa shape index (κ2) is 4.44. The highest BCUT2D eigenvalue weighted by molar-refractivity contribution is 6.52. The predicted octanol–water partition coefficient (Wildman–Crippen LogP) is 1.62. The molecule has 1 aliphatic heterocycles. The van der Waals surface area contributed by atoms with Crippen LogP contribution in [0.2, 0.25) is 0 Å². The first-order chi connectivity index (χ1) is 8.50. The van der Waals surface area contributed by atoms with Crippen LogP contribution in [0.15, 0.2) is 18.2 Å². The molecule has 1 aromatic carbocycles. The number of amides is 1. The Kier molecular flexibility index (Phi) is 2.97. The van der Waals surface area contributed by atoms with Gasteiger partial charge in [0.1, 0.15) is 0 Å². The highest BCUT2D eigenvalue weighted by atomic mass is 16.4. The summed E-state index contributed by atoms with van der Waals surface area (Å²) in [5, 5.41) is 11.0. The number of rotatable bonds is 3. The number of carboxylic acid groups (broad SMARTS) is 1. The molecule has 1 heterocycles. The standard InChI is InChI=1S/C13H11NO4/c1-7-5-6-9-11(12(17)13(18)14-9)8(7)3-2-4-10(15)16/h2-3,5-6H,4H2,1H3,(H,15,16)(H,14,17,18). The maximum absolute atomic E-state index is 11.7. The fourth-order valence-electron chi connectivity index (χ4n) is 1.86. The molecule has 2 rings (SSSR count). The molecular formula is C13H11NO4. The average molecular weight is 245 g/mol. The third kappa shape index (κ3) is 2.02. The zero-order chi connectivity index (χ0) is 13.3. The van der Waals surface area contributed by atoms with Crippen LogP contribution < -0.4 is 5.32 Å². The van der Waals surface area contributed by atoms with Gasteiger partial charge in [-0.05, 0) is 24.1 Å². The minimum atomic E-state index is -0.947. The van der Waals surface area contributed by atoms with Gasteiger partial charge in [-0.25, -0.2) is 0 Å². The molecule has 0 aromatic heterocycles. The number of hydrogen-bond donors (Lipinski definition) is 2. The van der Waals surface area contributed by atoms with E-state index in [1.165, 1.54) is 6.08 Å². The SMILES string of the molecule is Cc1ccc2c(c1C=CCC(=O)O)C(=O)C(=O)N2. The van der Waals surface area contributed by atoms with Crippen molar-refractivity contribution in [1.82, 2.24) is 0 Å². The third-order valence-corrected chi connectivity index (χ3v) is 2.72. The quantitative estimate of drug-likeness (QED) is 0.792. The molecule has 0 saturated carbocycles. The number of carboxylic acids is 1. The summed E-state index contributed by atoms with van der Waals surface area (Å²) in [4.78, 5) is 33.4. The monoisotopic (exact) mass is 245 g/mol. The Bertz CT molecular complexity index is 587. The van der Waals surface area contributed by atoms with Gasteiger partial charge in [0.15, 0.2) is 0 Å². The zero-order valence-corrected chi connectivity index (χ0v) is 9.69. The van der Waals surface area contributed by atoms with Crippen molar-refractivity contribution in [3.63, 3.8) is 0 Å². The molecule has 0 bridgehead atoms. The van der Waals surface area contributed by atoms with Crippen LogP contribution in [0.4, 0.5) is 5.69 Å². The first kappa shape index (κ1) is 12.0. The second-order valence-electron chi connectivity index (χ2n) is 4.00. The van der Waals surface area contributed by atoms with E-state index in [0.717, 1.165) is 5.56 Å². The largest absolute Gasteiger partial charge is 0.481 e. The number of benzene rings is 1. The lowest BCUT2D eigenvalue weighted by Gasteiger charge is -2.05. The van der Waals surface area contributed by atoms with Crippen molar-refractivity contribution in [3.8, 4) is 0 Å². The lowest BCUT2D eigenvalue weighted by atomic mass is 9.98. The first-order valence-electron chi connectivity index (χ1n) is 5.38. The van der Waals surface area contributed by atoms with Gasteiger partial charge in [-0.2, -0.15) is 0 Å². The second-order valence-corrected chi connectivity index (χ2v) is 4.00. The number of nitrogens with one attached hydrogen (secondary N) is 1. The number of aryl methyl sites for hydroxylation is 1. The van der Waals surface area contributed by atoms with Crippen LogP contribution in [0.25, 0.3) is 6.08 Å². The Labute approximate surface area is 103 Å². The van der Waals surface area contributed by atoms with Gasteiger partial charge >= 0.3 is 5.97 Å². The lowest BCUT2D eigenvalue weighted by Crippen LogP contribution is -2.13. The van der Waals surface area contributed by atoms with Crippen molar-refractivity contribution >= 4 is 29.4 Å². The molecule has 0 spiro atoms. The Morgan fingerprint density at radius 3 is 2.78 bits per heavy atom. The van der Waals surface area contributed by atoms with E-state index in [0.29, 0.717) is 16.8 Å². The van der Waals surface area contributed by atoms with Crippen LogP contribution in [0.5, 0.6) is 0 Å².